The predicted octanol–water partition coefficient (Wildman–Crippen LogP) is 1.11. The first-order valence-corrected chi connectivity index (χ1v) is 7.90. The van der Waals surface area contributed by atoms with Crippen LogP contribution in [0.4, 0.5) is 5.69 Å². The second-order valence-corrected chi connectivity index (χ2v) is 5.93. The Bertz CT molecular complexity index is 539. The van der Waals surface area contributed by atoms with Gasteiger partial charge in [0, 0.05) is 25.8 Å². The summed E-state index contributed by atoms with van der Waals surface area (Å²) in [4.78, 5) is 28.1. The third-order valence-corrected chi connectivity index (χ3v) is 4.04. The lowest BCUT2D eigenvalue weighted by Gasteiger charge is -2.33. The van der Waals surface area contributed by atoms with E-state index in [0.717, 1.165) is 24.3 Å². The standard InChI is InChI=1S/C17H25N3O3/c1-13-4-6-15(7-5-13)18-16(21)12-19(3)17(22)14(2)20-8-10-23-11-9-20/h4-7,14H,8-12H2,1-3H3,(H,18,21). The van der Waals surface area contributed by atoms with Gasteiger partial charge in [-0.05, 0) is 26.0 Å². The molecule has 1 saturated heterocycles. The van der Waals surface area contributed by atoms with Crippen molar-refractivity contribution >= 4 is 17.5 Å². The molecule has 1 aliphatic rings. The van der Waals surface area contributed by atoms with E-state index in [2.05, 4.69) is 10.2 Å². The molecule has 2 rings (SSSR count). The Kier molecular flexibility index (Phi) is 6.12. The van der Waals surface area contributed by atoms with Crippen LogP contribution in [0.5, 0.6) is 0 Å². The maximum absolute atomic E-state index is 12.4. The SMILES string of the molecule is Cc1ccc(NC(=O)CN(C)C(=O)C(C)N2CCOCC2)cc1. The van der Waals surface area contributed by atoms with Crippen molar-refractivity contribution in [3.8, 4) is 0 Å². The summed E-state index contributed by atoms with van der Waals surface area (Å²) in [6, 6.07) is 7.34. The third-order valence-electron chi connectivity index (χ3n) is 4.04. The molecule has 6 nitrogen and oxygen atoms in total. The molecule has 1 atom stereocenters. The van der Waals surface area contributed by atoms with E-state index in [1.54, 1.807) is 7.05 Å². The van der Waals surface area contributed by atoms with Crippen LogP contribution in [0.2, 0.25) is 0 Å². The Balaban J connectivity index is 1.84. The lowest BCUT2D eigenvalue weighted by Crippen LogP contribution is -2.51. The first kappa shape index (κ1) is 17.4. The van der Waals surface area contributed by atoms with Gasteiger partial charge in [0.15, 0.2) is 0 Å². The number of aryl methyl sites for hydroxylation is 1. The molecule has 0 aromatic heterocycles. The number of nitrogens with zero attached hydrogens (tertiary/aromatic N) is 2. The van der Waals surface area contributed by atoms with Gasteiger partial charge >= 0.3 is 0 Å². The molecule has 1 aromatic rings. The maximum Gasteiger partial charge on any atom is 0.243 e. The van der Waals surface area contributed by atoms with E-state index in [9.17, 15) is 9.59 Å². The molecule has 0 saturated carbocycles. The Hall–Kier alpha value is -1.92. The summed E-state index contributed by atoms with van der Waals surface area (Å²) >= 11 is 0. The van der Waals surface area contributed by atoms with Crippen LogP contribution in [0.25, 0.3) is 0 Å². The number of carbonyl (C=O) groups excluding carboxylic acids is 2. The van der Waals surface area contributed by atoms with Crippen molar-refractivity contribution < 1.29 is 14.3 Å². The quantitative estimate of drug-likeness (QED) is 0.883. The molecule has 23 heavy (non-hydrogen) atoms. The Morgan fingerprint density at radius 1 is 1.26 bits per heavy atom. The second kappa shape index (κ2) is 8.08. The summed E-state index contributed by atoms with van der Waals surface area (Å²) in [7, 11) is 1.66. The van der Waals surface area contributed by atoms with Gasteiger partial charge in [-0.15, -0.1) is 0 Å². The van der Waals surface area contributed by atoms with Crippen LogP contribution in [-0.2, 0) is 14.3 Å². The van der Waals surface area contributed by atoms with E-state index in [1.165, 1.54) is 4.90 Å². The number of carbonyl (C=O) groups is 2. The van der Waals surface area contributed by atoms with Crippen LogP contribution in [0.3, 0.4) is 0 Å². The van der Waals surface area contributed by atoms with Crippen LogP contribution in [0.15, 0.2) is 24.3 Å². The molecule has 1 N–H and O–H groups in total. The number of amides is 2. The number of hydrogen-bond donors (Lipinski definition) is 1. The molecule has 1 unspecified atom stereocenters. The fourth-order valence-electron chi connectivity index (χ4n) is 2.57. The Morgan fingerprint density at radius 3 is 2.48 bits per heavy atom. The summed E-state index contributed by atoms with van der Waals surface area (Å²) in [5.41, 5.74) is 1.87. The highest BCUT2D eigenvalue weighted by molar-refractivity contribution is 5.95. The summed E-state index contributed by atoms with van der Waals surface area (Å²) < 4.78 is 5.30. The number of benzene rings is 1. The first-order valence-electron chi connectivity index (χ1n) is 7.90. The fraction of sp³-hybridized carbons (Fsp3) is 0.529. The number of rotatable bonds is 5. The van der Waals surface area contributed by atoms with Gasteiger partial charge in [-0.3, -0.25) is 14.5 Å². The molecule has 0 aliphatic carbocycles. The predicted molar refractivity (Wildman–Crippen MR) is 89.3 cm³/mol. The van der Waals surface area contributed by atoms with Gasteiger partial charge in [0.2, 0.25) is 11.8 Å². The lowest BCUT2D eigenvalue weighted by atomic mass is 10.2. The maximum atomic E-state index is 12.4. The van der Waals surface area contributed by atoms with Crippen LogP contribution in [0.1, 0.15) is 12.5 Å². The van der Waals surface area contributed by atoms with Crippen molar-refractivity contribution in [3.63, 3.8) is 0 Å². The summed E-state index contributed by atoms with van der Waals surface area (Å²) in [5, 5.41) is 2.81. The van der Waals surface area contributed by atoms with Gasteiger partial charge in [-0.1, -0.05) is 17.7 Å². The number of nitrogens with one attached hydrogen (secondary N) is 1. The van der Waals surface area contributed by atoms with Crippen molar-refractivity contribution in [2.24, 2.45) is 0 Å². The molecule has 1 heterocycles. The molecule has 1 aromatic carbocycles. The van der Waals surface area contributed by atoms with E-state index in [4.69, 9.17) is 4.74 Å². The molecule has 1 aliphatic heterocycles. The monoisotopic (exact) mass is 319 g/mol. The van der Waals surface area contributed by atoms with E-state index < -0.39 is 0 Å². The van der Waals surface area contributed by atoms with Crippen molar-refractivity contribution in [3.05, 3.63) is 29.8 Å². The summed E-state index contributed by atoms with van der Waals surface area (Å²) in [5.74, 6) is -0.246. The highest BCUT2D eigenvalue weighted by Gasteiger charge is 2.26. The highest BCUT2D eigenvalue weighted by atomic mass is 16.5. The van der Waals surface area contributed by atoms with Gasteiger partial charge in [-0.25, -0.2) is 0 Å². The number of ether oxygens (including phenoxy) is 1. The molecule has 0 radical (unpaired) electrons. The highest BCUT2D eigenvalue weighted by Crippen LogP contribution is 2.09. The normalized spacial score (nSPS) is 16.7. The van der Waals surface area contributed by atoms with Crippen molar-refractivity contribution in [1.29, 1.82) is 0 Å². The largest absolute Gasteiger partial charge is 0.379 e. The number of hydrogen-bond acceptors (Lipinski definition) is 4. The first-order chi connectivity index (χ1) is 11.0. The minimum Gasteiger partial charge on any atom is -0.379 e. The van der Waals surface area contributed by atoms with E-state index in [1.807, 2.05) is 38.1 Å². The molecule has 126 valence electrons. The molecule has 2 amide bonds. The van der Waals surface area contributed by atoms with Gasteiger partial charge in [-0.2, -0.15) is 0 Å². The van der Waals surface area contributed by atoms with Gasteiger partial charge < -0.3 is 15.0 Å². The minimum atomic E-state index is -0.240. The van der Waals surface area contributed by atoms with Crippen LogP contribution < -0.4 is 5.32 Å². The number of anilines is 1. The average molecular weight is 319 g/mol. The van der Waals surface area contributed by atoms with Crippen molar-refractivity contribution in [1.82, 2.24) is 9.80 Å². The van der Waals surface area contributed by atoms with Gasteiger partial charge in [0.25, 0.3) is 0 Å². The number of morpholine rings is 1. The molecule has 0 bridgehead atoms. The van der Waals surface area contributed by atoms with Gasteiger partial charge in [0.05, 0.1) is 25.8 Å². The minimum absolute atomic E-state index is 0.0430. The third kappa shape index (κ3) is 5.04. The zero-order chi connectivity index (χ0) is 16.8. The average Bonchev–Trinajstić information content (AvgIpc) is 2.56. The summed E-state index contributed by atoms with van der Waals surface area (Å²) in [6.07, 6.45) is 0. The zero-order valence-electron chi connectivity index (χ0n) is 14.0. The van der Waals surface area contributed by atoms with Crippen LogP contribution in [0, 0.1) is 6.92 Å². The topological polar surface area (TPSA) is 61.9 Å². The zero-order valence-corrected chi connectivity index (χ0v) is 14.0. The molecular formula is C17H25N3O3. The van der Waals surface area contributed by atoms with Crippen LogP contribution in [-0.4, -0.2) is 67.6 Å². The fourth-order valence-corrected chi connectivity index (χ4v) is 2.57. The lowest BCUT2D eigenvalue weighted by molar-refractivity contribution is -0.139. The summed E-state index contributed by atoms with van der Waals surface area (Å²) in [6.45, 7) is 6.70. The smallest absolute Gasteiger partial charge is 0.243 e. The molecule has 6 heteroatoms. The Labute approximate surface area is 137 Å². The van der Waals surface area contributed by atoms with E-state index in [-0.39, 0.29) is 24.4 Å². The van der Waals surface area contributed by atoms with Crippen LogP contribution >= 0.6 is 0 Å². The molecule has 1 fully saturated rings. The molecular weight excluding hydrogens is 294 g/mol. The van der Waals surface area contributed by atoms with Gasteiger partial charge in [0.1, 0.15) is 0 Å². The molecule has 0 spiro atoms. The number of likely N-dealkylation sites (N-methyl/N-ethyl adjacent to an activating group) is 1. The van der Waals surface area contributed by atoms with E-state index >= 15 is 0 Å². The van der Waals surface area contributed by atoms with E-state index in [0.29, 0.717) is 13.2 Å². The van der Waals surface area contributed by atoms with Crippen molar-refractivity contribution in [2.75, 3.05) is 45.2 Å². The van der Waals surface area contributed by atoms with Crippen molar-refractivity contribution in [2.45, 2.75) is 19.9 Å². The Morgan fingerprint density at radius 2 is 1.87 bits per heavy atom. The second-order valence-electron chi connectivity index (χ2n) is 5.93.